The van der Waals surface area contributed by atoms with Crippen LogP contribution in [-0.2, 0) is 12.8 Å². The van der Waals surface area contributed by atoms with Crippen LogP contribution in [0.15, 0.2) is 41.8 Å². The maximum Gasteiger partial charge on any atom is 0.0127 e. The second-order valence-electron chi connectivity index (χ2n) is 5.53. The predicted molar refractivity (Wildman–Crippen MR) is 88.3 cm³/mol. The number of benzene rings is 1. The SMILES string of the molecule is CNCC(C)C=C1c2ccccc2CCc2sccc21. The van der Waals surface area contributed by atoms with Gasteiger partial charge < -0.3 is 5.32 Å². The fraction of sp³-hybridized carbons (Fsp3) is 0.333. The van der Waals surface area contributed by atoms with Crippen LogP contribution in [0.1, 0.15) is 28.5 Å². The lowest BCUT2D eigenvalue weighted by Crippen LogP contribution is -2.14. The van der Waals surface area contributed by atoms with Gasteiger partial charge in [-0.3, -0.25) is 0 Å². The van der Waals surface area contributed by atoms with Crippen LogP contribution in [0.25, 0.3) is 5.57 Å². The largest absolute Gasteiger partial charge is 0.319 e. The standard InChI is InChI=1S/C18H21NS/c1-13(12-19-2)11-17-15-6-4-3-5-14(15)7-8-18-16(17)9-10-20-18/h3-6,9-11,13,19H,7-8,12H2,1-2H3. The molecule has 1 atom stereocenters. The number of thiophene rings is 1. The minimum atomic E-state index is 0.536. The van der Waals surface area contributed by atoms with Gasteiger partial charge in [-0.15, -0.1) is 11.3 Å². The zero-order valence-electron chi connectivity index (χ0n) is 12.1. The first-order chi connectivity index (χ1) is 9.79. The van der Waals surface area contributed by atoms with E-state index in [0.717, 1.165) is 13.0 Å². The number of hydrogen-bond acceptors (Lipinski definition) is 2. The van der Waals surface area contributed by atoms with Gasteiger partial charge in [0.2, 0.25) is 0 Å². The molecular formula is C18H21NS. The lowest BCUT2D eigenvalue weighted by atomic mass is 9.93. The summed E-state index contributed by atoms with van der Waals surface area (Å²) >= 11 is 1.90. The third kappa shape index (κ3) is 2.58. The Balaban J connectivity index is 2.12. The number of hydrogen-bond donors (Lipinski definition) is 1. The lowest BCUT2D eigenvalue weighted by Gasteiger charge is -2.13. The van der Waals surface area contributed by atoms with Crippen LogP contribution >= 0.6 is 11.3 Å². The Kier molecular flexibility index (Phi) is 4.04. The molecule has 0 bridgehead atoms. The Hall–Kier alpha value is -1.38. The van der Waals surface area contributed by atoms with Crippen molar-refractivity contribution < 1.29 is 0 Å². The fourth-order valence-corrected chi connectivity index (χ4v) is 3.91. The van der Waals surface area contributed by atoms with Gasteiger partial charge in [-0.2, -0.15) is 0 Å². The van der Waals surface area contributed by atoms with Crippen molar-refractivity contribution in [2.24, 2.45) is 5.92 Å². The van der Waals surface area contributed by atoms with Gasteiger partial charge in [-0.1, -0.05) is 37.3 Å². The predicted octanol–water partition coefficient (Wildman–Crippen LogP) is 4.13. The molecule has 0 aliphatic heterocycles. The molecule has 104 valence electrons. The van der Waals surface area contributed by atoms with Crippen LogP contribution in [0.2, 0.25) is 0 Å². The van der Waals surface area contributed by atoms with Gasteiger partial charge in [-0.25, -0.2) is 0 Å². The van der Waals surface area contributed by atoms with Crippen molar-refractivity contribution in [1.29, 1.82) is 0 Å². The Bertz CT molecular complexity index is 624. The third-order valence-electron chi connectivity index (χ3n) is 3.94. The maximum atomic E-state index is 3.27. The molecule has 20 heavy (non-hydrogen) atoms. The van der Waals surface area contributed by atoms with E-state index in [1.54, 1.807) is 0 Å². The van der Waals surface area contributed by atoms with Gasteiger partial charge in [-0.05, 0) is 59.5 Å². The van der Waals surface area contributed by atoms with Crippen molar-refractivity contribution in [2.45, 2.75) is 19.8 Å². The molecule has 0 amide bonds. The molecule has 0 saturated carbocycles. The van der Waals surface area contributed by atoms with Gasteiger partial charge in [0, 0.05) is 11.4 Å². The smallest absolute Gasteiger partial charge is 0.0127 e. The van der Waals surface area contributed by atoms with Crippen LogP contribution in [0.4, 0.5) is 0 Å². The van der Waals surface area contributed by atoms with Gasteiger partial charge >= 0.3 is 0 Å². The molecule has 1 N–H and O–H groups in total. The summed E-state index contributed by atoms with van der Waals surface area (Å²) in [6.07, 6.45) is 4.76. The van der Waals surface area contributed by atoms with Gasteiger partial charge in [0.05, 0.1) is 0 Å². The second-order valence-corrected chi connectivity index (χ2v) is 6.53. The van der Waals surface area contributed by atoms with Crippen LogP contribution in [0.5, 0.6) is 0 Å². The molecule has 1 aromatic carbocycles. The van der Waals surface area contributed by atoms with E-state index in [0.29, 0.717) is 5.92 Å². The average Bonchev–Trinajstić information content (AvgIpc) is 2.86. The number of nitrogens with one attached hydrogen (secondary N) is 1. The molecule has 1 aliphatic carbocycles. The molecule has 3 rings (SSSR count). The number of rotatable bonds is 3. The Morgan fingerprint density at radius 1 is 1.20 bits per heavy atom. The second kappa shape index (κ2) is 5.94. The highest BCUT2D eigenvalue weighted by Crippen LogP contribution is 2.36. The van der Waals surface area contributed by atoms with Crippen LogP contribution in [-0.4, -0.2) is 13.6 Å². The molecular weight excluding hydrogens is 262 g/mol. The monoisotopic (exact) mass is 283 g/mol. The zero-order valence-corrected chi connectivity index (χ0v) is 13.0. The lowest BCUT2D eigenvalue weighted by molar-refractivity contribution is 0.651. The van der Waals surface area contributed by atoms with E-state index in [-0.39, 0.29) is 0 Å². The summed E-state index contributed by atoms with van der Waals surface area (Å²) in [6.45, 7) is 3.30. The summed E-state index contributed by atoms with van der Waals surface area (Å²) in [5.41, 5.74) is 5.78. The van der Waals surface area contributed by atoms with Crippen molar-refractivity contribution >= 4 is 16.9 Å². The molecule has 1 aromatic heterocycles. The van der Waals surface area contributed by atoms with E-state index in [1.807, 2.05) is 18.4 Å². The maximum absolute atomic E-state index is 3.27. The highest BCUT2D eigenvalue weighted by molar-refractivity contribution is 7.10. The minimum absolute atomic E-state index is 0.536. The Labute approximate surface area is 125 Å². The minimum Gasteiger partial charge on any atom is -0.319 e. The van der Waals surface area contributed by atoms with Crippen LogP contribution in [0.3, 0.4) is 0 Å². The fourth-order valence-electron chi connectivity index (χ4n) is 3.01. The van der Waals surface area contributed by atoms with Crippen molar-refractivity contribution in [1.82, 2.24) is 5.32 Å². The van der Waals surface area contributed by atoms with E-state index in [4.69, 9.17) is 0 Å². The van der Waals surface area contributed by atoms with Crippen molar-refractivity contribution in [3.05, 3.63) is 63.4 Å². The zero-order chi connectivity index (χ0) is 13.9. The van der Waals surface area contributed by atoms with E-state index < -0.39 is 0 Å². The summed E-state index contributed by atoms with van der Waals surface area (Å²) < 4.78 is 0. The molecule has 1 unspecified atom stereocenters. The van der Waals surface area contributed by atoms with Crippen molar-refractivity contribution in [3.63, 3.8) is 0 Å². The topological polar surface area (TPSA) is 12.0 Å². The summed E-state index contributed by atoms with van der Waals surface area (Å²) in [4.78, 5) is 1.53. The molecule has 0 spiro atoms. The van der Waals surface area contributed by atoms with Gasteiger partial charge in [0.1, 0.15) is 0 Å². The molecule has 1 nitrogen and oxygen atoms in total. The van der Waals surface area contributed by atoms with E-state index >= 15 is 0 Å². The Morgan fingerprint density at radius 3 is 2.90 bits per heavy atom. The van der Waals surface area contributed by atoms with Crippen molar-refractivity contribution in [2.75, 3.05) is 13.6 Å². The summed E-state index contributed by atoms with van der Waals surface area (Å²) in [5.74, 6) is 0.536. The quantitative estimate of drug-likeness (QED) is 0.893. The normalized spacial score (nSPS) is 17.4. The van der Waals surface area contributed by atoms with E-state index in [9.17, 15) is 0 Å². The average molecular weight is 283 g/mol. The highest BCUT2D eigenvalue weighted by Gasteiger charge is 2.19. The molecule has 0 fully saturated rings. The molecule has 0 saturated heterocycles. The number of aryl methyl sites for hydroxylation is 2. The number of fused-ring (bicyclic) bond motifs is 2. The molecule has 1 heterocycles. The first-order valence-electron chi connectivity index (χ1n) is 7.31. The van der Waals surface area contributed by atoms with Gasteiger partial charge in [0.25, 0.3) is 0 Å². The van der Waals surface area contributed by atoms with E-state index in [2.05, 4.69) is 54.0 Å². The first kappa shape index (κ1) is 13.6. The first-order valence-corrected chi connectivity index (χ1v) is 8.19. The third-order valence-corrected chi connectivity index (χ3v) is 4.92. The summed E-state index contributed by atoms with van der Waals surface area (Å²) in [6, 6.07) is 11.2. The van der Waals surface area contributed by atoms with Crippen molar-refractivity contribution in [3.8, 4) is 0 Å². The molecule has 0 radical (unpaired) electrons. The highest BCUT2D eigenvalue weighted by atomic mass is 32.1. The summed E-state index contributed by atoms with van der Waals surface area (Å²) in [5, 5.41) is 5.50. The van der Waals surface area contributed by atoms with Gasteiger partial charge in [0.15, 0.2) is 0 Å². The molecule has 1 aliphatic rings. The Morgan fingerprint density at radius 2 is 2.05 bits per heavy atom. The van der Waals surface area contributed by atoms with Crippen LogP contribution in [0, 0.1) is 5.92 Å². The van der Waals surface area contributed by atoms with E-state index in [1.165, 1.54) is 33.6 Å². The summed E-state index contributed by atoms with van der Waals surface area (Å²) in [7, 11) is 2.02. The van der Waals surface area contributed by atoms with Crippen LogP contribution < -0.4 is 5.32 Å². The molecule has 2 heteroatoms. The molecule has 2 aromatic rings.